The molecule has 4 atom stereocenters. The van der Waals surface area contributed by atoms with Gasteiger partial charge in [0, 0.05) is 19.1 Å². The fraction of sp³-hybridized carbons (Fsp3) is 0.600. The number of ether oxygens (including phenoxy) is 4. The van der Waals surface area contributed by atoms with Crippen LogP contribution >= 0.6 is 12.4 Å². The second-order valence-electron chi connectivity index (χ2n) is 10.6. The Balaban J connectivity index is 0.00000304. The maximum atomic E-state index is 5.69. The summed E-state index contributed by atoms with van der Waals surface area (Å²) in [6.45, 7) is 4.72. The normalized spacial score (nSPS) is 25.0. The summed E-state index contributed by atoms with van der Waals surface area (Å²) >= 11 is 0. The molecule has 1 aliphatic carbocycles. The Morgan fingerprint density at radius 2 is 1.36 bits per heavy atom. The minimum absolute atomic E-state index is 0. The largest absolute Gasteiger partial charge is 0.493 e. The molecule has 6 heteroatoms. The van der Waals surface area contributed by atoms with Gasteiger partial charge in [0.2, 0.25) is 0 Å². The highest BCUT2D eigenvalue weighted by atomic mass is 35.5. The summed E-state index contributed by atoms with van der Waals surface area (Å²) < 4.78 is 22.6. The van der Waals surface area contributed by atoms with E-state index in [0.717, 1.165) is 48.3 Å². The molecule has 2 heterocycles. The summed E-state index contributed by atoms with van der Waals surface area (Å²) in [6.07, 6.45) is 8.48. The third-order valence-corrected chi connectivity index (χ3v) is 8.97. The van der Waals surface area contributed by atoms with Crippen LogP contribution in [0.1, 0.15) is 73.2 Å². The van der Waals surface area contributed by atoms with Crippen molar-refractivity contribution in [2.45, 2.75) is 63.8 Å². The van der Waals surface area contributed by atoms with Crippen LogP contribution < -0.4 is 18.9 Å². The zero-order valence-corrected chi connectivity index (χ0v) is 23.3. The van der Waals surface area contributed by atoms with Gasteiger partial charge in [-0.3, -0.25) is 4.90 Å². The van der Waals surface area contributed by atoms with E-state index in [0.29, 0.717) is 17.9 Å². The Labute approximate surface area is 222 Å². The molecule has 0 N–H and O–H groups in total. The van der Waals surface area contributed by atoms with Gasteiger partial charge < -0.3 is 18.9 Å². The van der Waals surface area contributed by atoms with Crippen molar-refractivity contribution in [2.24, 2.45) is 11.8 Å². The van der Waals surface area contributed by atoms with E-state index in [2.05, 4.69) is 36.1 Å². The van der Waals surface area contributed by atoms with Crippen LogP contribution in [0.5, 0.6) is 23.0 Å². The van der Waals surface area contributed by atoms with Crippen LogP contribution in [0.15, 0.2) is 24.3 Å². The summed E-state index contributed by atoms with van der Waals surface area (Å²) in [7, 11) is 6.95. The maximum absolute atomic E-state index is 5.69. The quantitative estimate of drug-likeness (QED) is 0.415. The molecular weight excluding hydrogens is 474 g/mol. The van der Waals surface area contributed by atoms with Crippen LogP contribution in [0.2, 0.25) is 0 Å². The fourth-order valence-electron chi connectivity index (χ4n) is 7.09. The summed E-state index contributed by atoms with van der Waals surface area (Å²) in [5, 5.41) is 0. The molecule has 0 bridgehead atoms. The monoisotopic (exact) mass is 515 g/mol. The molecule has 2 aromatic carbocycles. The molecule has 2 aliphatic heterocycles. The van der Waals surface area contributed by atoms with Crippen molar-refractivity contribution < 1.29 is 18.9 Å². The van der Waals surface area contributed by atoms with Crippen molar-refractivity contribution in [3.63, 3.8) is 0 Å². The lowest BCUT2D eigenvalue weighted by Crippen LogP contribution is -2.46. The van der Waals surface area contributed by atoms with Gasteiger partial charge in [0.1, 0.15) is 0 Å². The number of nitrogens with zero attached hydrogens (tertiary/aromatic N) is 1. The number of hydrogen-bond donors (Lipinski definition) is 0. The molecule has 1 saturated heterocycles. The molecule has 1 fully saturated rings. The topological polar surface area (TPSA) is 40.2 Å². The van der Waals surface area contributed by atoms with Crippen LogP contribution in [-0.2, 0) is 12.8 Å². The Bertz CT molecular complexity index is 1060. The van der Waals surface area contributed by atoms with Gasteiger partial charge in [0.05, 0.1) is 28.4 Å². The van der Waals surface area contributed by atoms with E-state index in [9.17, 15) is 0 Å². The highest BCUT2D eigenvalue weighted by Gasteiger charge is 2.40. The minimum atomic E-state index is 0. The molecule has 0 saturated carbocycles. The van der Waals surface area contributed by atoms with Gasteiger partial charge >= 0.3 is 0 Å². The lowest BCUT2D eigenvalue weighted by molar-refractivity contribution is 0.0445. The Hall–Kier alpha value is -2.11. The van der Waals surface area contributed by atoms with Crippen LogP contribution in [0.4, 0.5) is 0 Å². The highest BCUT2D eigenvalue weighted by molar-refractivity contribution is 5.85. The van der Waals surface area contributed by atoms with E-state index in [1.54, 1.807) is 28.4 Å². The SMILES string of the molecule is CCC1CN2CCc3cc(OC)c(OC)cc3C2CC1CC1CCCc2cc(OC)c(OC)cc21.Cl. The van der Waals surface area contributed by atoms with Gasteiger partial charge in [0.15, 0.2) is 23.0 Å². The Morgan fingerprint density at radius 3 is 1.97 bits per heavy atom. The average molecular weight is 516 g/mol. The molecule has 4 unspecified atom stereocenters. The lowest BCUT2D eigenvalue weighted by atomic mass is 9.69. The second-order valence-corrected chi connectivity index (χ2v) is 10.6. The number of aryl methyl sites for hydroxylation is 1. The molecule has 0 aromatic heterocycles. The molecule has 5 nitrogen and oxygen atoms in total. The zero-order chi connectivity index (χ0) is 24.5. The van der Waals surface area contributed by atoms with Crippen LogP contribution in [0, 0.1) is 11.8 Å². The van der Waals surface area contributed by atoms with E-state index in [1.807, 2.05) is 0 Å². The van der Waals surface area contributed by atoms with Crippen molar-refractivity contribution in [1.82, 2.24) is 4.90 Å². The molecule has 0 amide bonds. The summed E-state index contributed by atoms with van der Waals surface area (Å²) in [4.78, 5) is 2.74. The predicted molar refractivity (Wildman–Crippen MR) is 147 cm³/mol. The molecule has 198 valence electrons. The van der Waals surface area contributed by atoms with Crippen molar-refractivity contribution in [3.05, 3.63) is 46.5 Å². The third-order valence-electron chi connectivity index (χ3n) is 8.97. The first-order valence-electron chi connectivity index (χ1n) is 13.3. The van der Waals surface area contributed by atoms with E-state index in [4.69, 9.17) is 18.9 Å². The summed E-state index contributed by atoms with van der Waals surface area (Å²) in [6, 6.07) is 9.42. The number of hydrogen-bond acceptors (Lipinski definition) is 5. The zero-order valence-electron chi connectivity index (χ0n) is 22.5. The molecule has 36 heavy (non-hydrogen) atoms. The Morgan fingerprint density at radius 1 is 0.778 bits per heavy atom. The molecule has 3 aliphatic rings. The van der Waals surface area contributed by atoms with Crippen molar-refractivity contribution in [1.29, 1.82) is 0 Å². The number of methoxy groups -OCH3 is 4. The lowest BCUT2D eigenvalue weighted by Gasteiger charge is -2.48. The second kappa shape index (κ2) is 11.5. The Kier molecular flexibility index (Phi) is 8.62. The summed E-state index contributed by atoms with van der Waals surface area (Å²) in [5.74, 6) is 5.48. The van der Waals surface area contributed by atoms with Gasteiger partial charge in [-0.25, -0.2) is 0 Å². The average Bonchev–Trinajstić information content (AvgIpc) is 2.91. The highest BCUT2D eigenvalue weighted by Crippen LogP contribution is 2.49. The minimum Gasteiger partial charge on any atom is -0.493 e. The molecule has 0 spiro atoms. The van der Waals surface area contributed by atoms with Crippen LogP contribution in [0.25, 0.3) is 0 Å². The smallest absolute Gasteiger partial charge is 0.161 e. The molecule has 5 rings (SSSR count). The molecule has 0 radical (unpaired) electrons. The van der Waals surface area contributed by atoms with E-state index in [-0.39, 0.29) is 12.4 Å². The third kappa shape index (κ3) is 4.89. The number of rotatable bonds is 7. The first kappa shape index (κ1) is 26.9. The number of fused-ring (bicyclic) bond motifs is 4. The van der Waals surface area contributed by atoms with Gasteiger partial charge in [-0.2, -0.15) is 0 Å². The summed E-state index contributed by atoms with van der Waals surface area (Å²) in [5.41, 5.74) is 5.81. The first-order valence-corrected chi connectivity index (χ1v) is 13.3. The van der Waals surface area contributed by atoms with Crippen LogP contribution in [0.3, 0.4) is 0 Å². The van der Waals surface area contributed by atoms with Gasteiger partial charge in [0.25, 0.3) is 0 Å². The number of piperidine rings is 1. The molecular formula is C30H42ClNO4. The van der Waals surface area contributed by atoms with E-state index < -0.39 is 0 Å². The van der Waals surface area contributed by atoms with Crippen molar-refractivity contribution >= 4 is 12.4 Å². The maximum Gasteiger partial charge on any atom is 0.161 e. The van der Waals surface area contributed by atoms with Gasteiger partial charge in [-0.15, -0.1) is 12.4 Å². The van der Waals surface area contributed by atoms with E-state index in [1.165, 1.54) is 60.9 Å². The first-order chi connectivity index (χ1) is 17.1. The van der Waals surface area contributed by atoms with Crippen LogP contribution in [-0.4, -0.2) is 46.4 Å². The standard InChI is InChI=1S/C30H41NO4.ClH/c1-6-19-18-31-11-10-22-15-28(33-3)30(35-5)17-25(22)26(31)13-23(19)12-20-8-7-9-21-14-27(32-2)29(34-4)16-24(20)21;/h14-17,19-20,23,26H,6-13,18H2,1-5H3;1H. The van der Waals surface area contributed by atoms with Gasteiger partial charge in [-0.05, 0) is 103 Å². The van der Waals surface area contributed by atoms with E-state index >= 15 is 0 Å². The predicted octanol–water partition coefficient (Wildman–Crippen LogP) is 6.60. The molecule has 2 aromatic rings. The number of halogens is 1. The van der Waals surface area contributed by atoms with Crippen molar-refractivity contribution in [2.75, 3.05) is 41.5 Å². The van der Waals surface area contributed by atoms with Gasteiger partial charge in [-0.1, -0.05) is 13.3 Å². The van der Waals surface area contributed by atoms with Crippen molar-refractivity contribution in [3.8, 4) is 23.0 Å². The fourth-order valence-corrected chi connectivity index (χ4v) is 7.09. The number of benzene rings is 2.